The van der Waals surface area contributed by atoms with Crippen LogP contribution in [0.5, 0.6) is 5.75 Å². The van der Waals surface area contributed by atoms with Crippen molar-refractivity contribution in [2.24, 2.45) is 0 Å². The number of alkyl halides is 2. The maximum Gasteiger partial charge on any atom is 0.272 e. The molecule has 0 unspecified atom stereocenters. The first-order valence-electron chi connectivity index (χ1n) is 4.47. The molecule has 0 aliphatic heterocycles. The topological polar surface area (TPSA) is 21.3 Å². The van der Waals surface area contributed by atoms with E-state index in [9.17, 15) is 8.78 Å². The van der Waals surface area contributed by atoms with Crippen molar-refractivity contribution in [2.45, 2.75) is 13.0 Å². The van der Waals surface area contributed by atoms with Crippen molar-refractivity contribution in [3.63, 3.8) is 0 Å². The molecule has 0 bridgehead atoms. The Hall–Kier alpha value is -0.680. The molecule has 0 radical (unpaired) electrons. The normalized spacial score (nSPS) is 10.7. The number of hydrogen-bond acceptors (Lipinski definition) is 2. The second-order valence-electron chi connectivity index (χ2n) is 2.99. The van der Waals surface area contributed by atoms with Gasteiger partial charge < -0.3 is 10.1 Å². The monoisotopic (exact) mass is 279 g/mol. The van der Waals surface area contributed by atoms with Crippen LogP contribution in [0, 0.1) is 0 Å². The van der Waals surface area contributed by atoms with Gasteiger partial charge in [-0.2, -0.15) is 0 Å². The van der Waals surface area contributed by atoms with Crippen LogP contribution in [0.4, 0.5) is 8.78 Å². The van der Waals surface area contributed by atoms with Crippen molar-refractivity contribution in [2.75, 3.05) is 13.7 Å². The summed E-state index contributed by atoms with van der Waals surface area (Å²) in [5.74, 6) is 0.462. The van der Waals surface area contributed by atoms with Gasteiger partial charge in [-0.1, -0.05) is 15.9 Å². The summed E-state index contributed by atoms with van der Waals surface area (Å²) < 4.78 is 29.6. The third-order valence-electron chi connectivity index (χ3n) is 1.76. The molecular weight excluding hydrogens is 268 g/mol. The lowest BCUT2D eigenvalue weighted by molar-refractivity contribution is 0.0818. The highest BCUT2D eigenvalue weighted by Crippen LogP contribution is 2.22. The van der Waals surface area contributed by atoms with Crippen LogP contribution in [0.25, 0.3) is 0 Å². The van der Waals surface area contributed by atoms with E-state index in [1.54, 1.807) is 18.2 Å². The summed E-state index contributed by atoms with van der Waals surface area (Å²) in [6.45, 7) is 0.0904. The summed E-state index contributed by atoms with van der Waals surface area (Å²) in [4.78, 5) is 0. The van der Waals surface area contributed by atoms with Gasteiger partial charge in [0.15, 0.2) is 0 Å². The molecule has 0 fully saturated rings. The molecule has 0 heterocycles. The average Bonchev–Trinajstić information content (AvgIpc) is 2.19. The van der Waals surface area contributed by atoms with E-state index in [1.807, 2.05) is 7.05 Å². The number of halogens is 3. The number of nitrogens with one attached hydrogen (secondary N) is 1. The van der Waals surface area contributed by atoms with Crippen LogP contribution in [-0.2, 0) is 6.54 Å². The molecule has 0 saturated heterocycles. The first-order valence-corrected chi connectivity index (χ1v) is 5.26. The molecule has 1 aromatic carbocycles. The Balaban J connectivity index is 2.69. The van der Waals surface area contributed by atoms with Crippen LogP contribution in [-0.4, -0.2) is 20.1 Å². The lowest BCUT2D eigenvalue weighted by atomic mass is 10.2. The number of benzene rings is 1. The van der Waals surface area contributed by atoms with E-state index in [2.05, 4.69) is 21.2 Å². The third kappa shape index (κ3) is 4.13. The predicted molar refractivity (Wildman–Crippen MR) is 58.4 cm³/mol. The molecular formula is C10H12BrF2NO. The summed E-state index contributed by atoms with van der Waals surface area (Å²) in [5, 5.41) is 2.98. The fourth-order valence-corrected chi connectivity index (χ4v) is 1.51. The molecule has 0 saturated carbocycles. The van der Waals surface area contributed by atoms with Gasteiger partial charge >= 0.3 is 0 Å². The summed E-state index contributed by atoms with van der Waals surface area (Å²) in [7, 11) is 1.82. The van der Waals surface area contributed by atoms with E-state index in [4.69, 9.17) is 4.74 Å². The lowest BCUT2D eigenvalue weighted by Gasteiger charge is -2.09. The van der Waals surface area contributed by atoms with Crippen molar-refractivity contribution < 1.29 is 13.5 Å². The first-order chi connectivity index (χ1) is 7.13. The Labute approximate surface area is 95.8 Å². The minimum Gasteiger partial charge on any atom is -0.488 e. The molecule has 5 heteroatoms. The average molecular weight is 280 g/mol. The van der Waals surface area contributed by atoms with Gasteiger partial charge in [-0.25, -0.2) is 8.78 Å². The Bertz CT molecular complexity index is 320. The fourth-order valence-electron chi connectivity index (χ4n) is 1.13. The molecule has 1 N–H and O–H groups in total. The third-order valence-corrected chi connectivity index (χ3v) is 2.53. The summed E-state index contributed by atoms with van der Waals surface area (Å²) in [5.41, 5.74) is 0.976. The maximum atomic E-state index is 11.9. The Morgan fingerprint density at radius 1 is 1.47 bits per heavy atom. The lowest BCUT2D eigenvalue weighted by Crippen LogP contribution is -2.09. The van der Waals surface area contributed by atoms with E-state index in [0.717, 1.165) is 10.0 Å². The van der Waals surface area contributed by atoms with E-state index in [1.165, 1.54) is 0 Å². The van der Waals surface area contributed by atoms with Crippen LogP contribution in [0.15, 0.2) is 22.7 Å². The van der Waals surface area contributed by atoms with Gasteiger partial charge in [-0.05, 0) is 30.8 Å². The minimum atomic E-state index is -2.44. The van der Waals surface area contributed by atoms with Crippen molar-refractivity contribution in [1.29, 1.82) is 0 Å². The van der Waals surface area contributed by atoms with Gasteiger partial charge in [0.25, 0.3) is 6.43 Å². The molecule has 84 valence electrons. The molecule has 0 aromatic heterocycles. The largest absolute Gasteiger partial charge is 0.488 e. The Morgan fingerprint density at radius 2 is 2.20 bits per heavy atom. The van der Waals surface area contributed by atoms with Gasteiger partial charge in [-0.15, -0.1) is 0 Å². The zero-order valence-electron chi connectivity index (χ0n) is 8.27. The van der Waals surface area contributed by atoms with E-state index in [0.29, 0.717) is 12.3 Å². The molecule has 15 heavy (non-hydrogen) atoms. The number of rotatable bonds is 5. The first kappa shape index (κ1) is 12.4. The highest BCUT2D eigenvalue weighted by molar-refractivity contribution is 9.10. The smallest absolute Gasteiger partial charge is 0.272 e. The van der Waals surface area contributed by atoms with Crippen LogP contribution < -0.4 is 10.1 Å². The summed E-state index contributed by atoms with van der Waals surface area (Å²) >= 11 is 3.37. The van der Waals surface area contributed by atoms with Crippen LogP contribution in [0.1, 0.15) is 5.56 Å². The number of hydrogen-bond donors (Lipinski definition) is 1. The zero-order chi connectivity index (χ0) is 11.3. The van der Waals surface area contributed by atoms with Crippen molar-refractivity contribution in [1.82, 2.24) is 5.32 Å². The van der Waals surface area contributed by atoms with Crippen molar-refractivity contribution in [3.05, 3.63) is 28.2 Å². The van der Waals surface area contributed by atoms with Crippen LogP contribution in [0.3, 0.4) is 0 Å². The molecule has 1 aromatic rings. The van der Waals surface area contributed by atoms with Gasteiger partial charge in [0.1, 0.15) is 12.4 Å². The highest BCUT2D eigenvalue weighted by atomic mass is 79.9. The van der Waals surface area contributed by atoms with Gasteiger partial charge in [0.05, 0.1) is 0 Å². The van der Waals surface area contributed by atoms with E-state index in [-0.39, 0.29) is 0 Å². The predicted octanol–water partition coefficient (Wildman–Crippen LogP) is 2.81. The molecule has 0 amide bonds. The van der Waals surface area contributed by atoms with Crippen LogP contribution >= 0.6 is 15.9 Å². The fraction of sp³-hybridized carbons (Fsp3) is 0.400. The Kier molecular flexibility index (Phi) is 4.98. The van der Waals surface area contributed by atoms with Gasteiger partial charge in [0.2, 0.25) is 0 Å². The summed E-state index contributed by atoms with van der Waals surface area (Å²) in [6.07, 6.45) is -2.44. The van der Waals surface area contributed by atoms with Crippen molar-refractivity contribution in [3.8, 4) is 5.75 Å². The maximum absolute atomic E-state index is 11.9. The highest BCUT2D eigenvalue weighted by Gasteiger charge is 2.05. The second-order valence-corrected chi connectivity index (χ2v) is 3.84. The molecule has 1 rings (SSSR count). The second kappa shape index (κ2) is 6.02. The van der Waals surface area contributed by atoms with E-state index >= 15 is 0 Å². The SMILES string of the molecule is CNCc1cc(OCC(F)F)ccc1Br. The van der Waals surface area contributed by atoms with Gasteiger partial charge in [0, 0.05) is 11.0 Å². The van der Waals surface area contributed by atoms with Gasteiger partial charge in [-0.3, -0.25) is 0 Å². The Morgan fingerprint density at radius 3 is 2.80 bits per heavy atom. The van der Waals surface area contributed by atoms with Crippen LogP contribution in [0.2, 0.25) is 0 Å². The molecule has 0 aliphatic rings. The number of ether oxygens (including phenoxy) is 1. The molecule has 0 aliphatic carbocycles. The zero-order valence-corrected chi connectivity index (χ0v) is 9.85. The molecule has 0 atom stereocenters. The minimum absolute atomic E-state index is 0.462. The van der Waals surface area contributed by atoms with Crippen molar-refractivity contribution >= 4 is 15.9 Å². The molecule has 2 nitrogen and oxygen atoms in total. The summed E-state index contributed by atoms with van der Waals surface area (Å²) in [6, 6.07) is 5.18. The molecule has 0 spiro atoms. The quantitative estimate of drug-likeness (QED) is 0.895. The standard InChI is InChI=1S/C10H12BrF2NO/c1-14-5-7-4-8(2-3-9(7)11)15-6-10(12)13/h2-4,10,14H,5-6H2,1H3. The van der Waals surface area contributed by atoms with E-state index < -0.39 is 13.0 Å².